The summed E-state index contributed by atoms with van der Waals surface area (Å²) in [6, 6.07) is 1.65. The van der Waals surface area contributed by atoms with E-state index in [1.165, 1.54) is 16.0 Å². The number of aryl methyl sites for hydroxylation is 1. The van der Waals surface area contributed by atoms with Crippen molar-refractivity contribution in [2.75, 3.05) is 5.73 Å². The zero-order valence-corrected chi connectivity index (χ0v) is 10.2. The highest BCUT2D eigenvalue weighted by Crippen LogP contribution is 2.07. The van der Waals surface area contributed by atoms with Crippen LogP contribution in [0.15, 0.2) is 17.6 Å². The molecule has 6 nitrogen and oxygen atoms in total. The molecule has 0 aromatic carbocycles. The van der Waals surface area contributed by atoms with Crippen molar-refractivity contribution in [1.82, 2.24) is 20.1 Å². The second-order valence-corrected chi connectivity index (χ2v) is 4.54. The van der Waals surface area contributed by atoms with Crippen LogP contribution in [0.1, 0.15) is 10.7 Å². The third kappa shape index (κ3) is 3.28. The molecule has 0 aliphatic heterocycles. The van der Waals surface area contributed by atoms with Crippen molar-refractivity contribution in [3.63, 3.8) is 0 Å². The number of anilines is 1. The number of amides is 1. The summed E-state index contributed by atoms with van der Waals surface area (Å²) in [5.41, 5.74) is 6.42. The SMILES string of the molecule is Cc1csc(CNC(=O)Cn2ccc(N)n2)n1. The van der Waals surface area contributed by atoms with Crippen LogP contribution in [0.4, 0.5) is 5.82 Å². The van der Waals surface area contributed by atoms with Gasteiger partial charge in [-0.25, -0.2) is 4.98 Å². The maximum atomic E-state index is 11.6. The number of nitrogens with two attached hydrogens (primary N) is 1. The minimum atomic E-state index is -0.110. The number of nitrogens with one attached hydrogen (secondary N) is 1. The molecule has 2 aromatic heterocycles. The topological polar surface area (TPSA) is 85.8 Å². The Labute approximate surface area is 102 Å². The summed E-state index contributed by atoms with van der Waals surface area (Å²) in [4.78, 5) is 15.8. The fraction of sp³-hybridized carbons (Fsp3) is 0.300. The highest BCUT2D eigenvalue weighted by Gasteiger charge is 2.05. The van der Waals surface area contributed by atoms with Crippen molar-refractivity contribution >= 4 is 23.1 Å². The Morgan fingerprint density at radius 1 is 1.65 bits per heavy atom. The summed E-state index contributed by atoms with van der Waals surface area (Å²) >= 11 is 1.53. The third-order valence-corrected chi connectivity index (χ3v) is 3.04. The molecule has 0 bridgehead atoms. The average molecular weight is 251 g/mol. The van der Waals surface area contributed by atoms with Crippen LogP contribution in [0.5, 0.6) is 0 Å². The first-order chi connectivity index (χ1) is 8.13. The van der Waals surface area contributed by atoms with Crippen LogP contribution in [0, 0.1) is 6.92 Å². The summed E-state index contributed by atoms with van der Waals surface area (Å²) in [5, 5.41) is 9.56. The van der Waals surface area contributed by atoms with Crippen molar-refractivity contribution < 1.29 is 4.79 Å². The number of nitrogens with zero attached hydrogens (tertiary/aromatic N) is 3. The molecule has 2 heterocycles. The quantitative estimate of drug-likeness (QED) is 0.830. The van der Waals surface area contributed by atoms with E-state index in [2.05, 4.69) is 15.4 Å². The van der Waals surface area contributed by atoms with Crippen LogP contribution in [0.25, 0.3) is 0 Å². The standard InChI is InChI=1S/C10H13N5OS/c1-7-6-17-10(13-7)4-12-9(16)5-15-3-2-8(11)14-15/h2-3,6H,4-5H2,1H3,(H2,11,14)(H,12,16). The van der Waals surface area contributed by atoms with Gasteiger partial charge in [-0.1, -0.05) is 0 Å². The molecule has 0 atom stereocenters. The van der Waals surface area contributed by atoms with Gasteiger partial charge in [-0.05, 0) is 13.0 Å². The van der Waals surface area contributed by atoms with E-state index < -0.39 is 0 Å². The number of carbonyl (C=O) groups is 1. The predicted octanol–water partition coefficient (Wildman–Crippen LogP) is 0.547. The minimum Gasteiger partial charge on any atom is -0.382 e. The summed E-state index contributed by atoms with van der Waals surface area (Å²) in [5.74, 6) is 0.300. The minimum absolute atomic E-state index is 0.110. The van der Waals surface area contributed by atoms with Crippen LogP contribution in [-0.4, -0.2) is 20.7 Å². The zero-order valence-electron chi connectivity index (χ0n) is 9.38. The van der Waals surface area contributed by atoms with Crippen molar-refractivity contribution in [3.05, 3.63) is 28.3 Å². The summed E-state index contributed by atoms with van der Waals surface area (Å²) in [7, 11) is 0. The molecule has 0 unspecified atom stereocenters. The number of hydrogen-bond donors (Lipinski definition) is 2. The van der Waals surface area contributed by atoms with Gasteiger partial charge in [-0.3, -0.25) is 9.48 Å². The van der Waals surface area contributed by atoms with Crippen molar-refractivity contribution in [2.45, 2.75) is 20.0 Å². The van der Waals surface area contributed by atoms with Gasteiger partial charge < -0.3 is 11.1 Å². The van der Waals surface area contributed by atoms with Crippen molar-refractivity contribution in [3.8, 4) is 0 Å². The molecule has 0 spiro atoms. The molecular formula is C10H13N5OS. The van der Waals surface area contributed by atoms with E-state index in [1.807, 2.05) is 12.3 Å². The van der Waals surface area contributed by atoms with Gasteiger partial charge >= 0.3 is 0 Å². The van der Waals surface area contributed by atoms with Crippen LogP contribution < -0.4 is 11.1 Å². The first kappa shape index (κ1) is 11.6. The van der Waals surface area contributed by atoms with Gasteiger partial charge in [0, 0.05) is 17.3 Å². The average Bonchev–Trinajstić information content (AvgIpc) is 2.85. The number of aromatic nitrogens is 3. The molecular weight excluding hydrogens is 238 g/mol. The highest BCUT2D eigenvalue weighted by molar-refractivity contribution is 7.09. The Morgan fingerprint density at radius 3 is 3.06 bits per heavy atom. The molecule has 1 amide bonds. The van der Waals surface area contributed by atoms with Gasteiger partial charge in [0.2, 0.25) is 5.91 Å². The maximum Gasteiger partial charge on any atom is 0.242 e. The van der Waals surface area contributed by atoms with Gasteiger partial charge in [0.05, 0.1) is 6.54 Å². The van der Waals surface area contributed by atoms with Gasteiger partial charge in [0.1, 0.15) is 17.4 Å². The lowest BCUT2D eigenvalue weighted by Gasteiger charge is -2.02. The number of hydrogen-bond acceptors (Lipinski definition) is 5. The monoisotopic (exact) mass is 251 g/mol. The van der Waals surface area contributed by atoms with E-state index in [4.69, 9.17) is 5.73 Å². The molecule has 0 radical (unpaired) electrons. The lowest BCUT2D eigenvalue weighted by Crippen LogP contribution is -2.27. The Hall–Kier alpha value is -1.89. The van der Waals surface area contributed by atoms with E-state index in [1.54, 1.807) is 12.3 Å². The second-order valence-electron chi connectivity index (χ2n) is 3.60. The van der Waals surface area contributed by atoms with E-state index >= 15 is 0 Å². The number of nitrogen functional groups attached to an aromatic ring is 1. The molecule has 17 heavy (non-hydrogen) atoms. The molecule has 2 aromatic rings. The normalized spacial score (nSPS) is 10.4. The van der Waals surface area contributed by atoms with Gasteiger partial charge in [0.15, 0.2) is 0 Å². The van der Waals surface area contributed by atoms with Crippen LogP contribution in [0.3, 0.4) is 0 Å². The highest BCUT2D eigenvalue weighted by atomic mass is 32.1. The molecule has 0 saturated heterocycles. The van der Waals surface area contributed by atoms with Gasteiger partial charge in [-0.15, -0.1) is 11.3 Å². The lowest BCUT2D eigenvalue weighted by atomic mass is 10.5. The molecule has 90 valence electrons. The lowest BCUT2D eigenvalue weighted by molar-refractivity contribution is -0.122. The predicted molar refractivity (Wildman–Crippen MR) is 65.3 cm³/mol. The van der Waals surface area contributed by atoms with Crippen LogP contribution in [0.2, 0.25) is 0 Å². The first-order valence-electron chi connectivity index (χ1n) is 5.10. The molecule has 0 fully saturated rings. The molecule has 3 N–H and O–H groups in total. The Bertz CT molecular complexity index is 518. The fourth-order valence-electron chi connectivity index (χ4n) is 1.33. The third-order valence-electron chi connectivity index (χ3n) is 2.07. The number of rotatable bonds is 4. The van der Waals surface area contributed by atoms with E-state index in [9.17, 15) is 4.79 Å². The molecule has 2 rings (SSSR count). The van der Waals surface area contributed by atoms with Gasteiger partial charge in [-0.2, -0.15) is 5.10 Å². The van der Waals surface area contributed by atoms with E-state index in [0.717, 1.165) is 10.7 Å². The Balaban J connectivity index is 1.82. The Kier molecular flexibility index (Phi) is 3.38. The van der Waals surface area contributed by atoms with Crippen LogP contribution >= 0.6 is 11.3 Å². The Morgan fingerprint density at radius 2 is 2.47 bits per heavy atom. The van der Waals surface area contributed by atoms with E-state index in [0.29, 0.717) is 12.4 Å². The number of thiazole rings is 1. The fourth-order valence-corrected chi connectivity index (χ4v) is 2.04. The van der Waals surface area contributed by atoms with Gasteiger partial charge in [0.25, 0.3) is 0 Å². The van der Waals surface area contributed by atoms with E-state index in [-0.39, 0.29) is 12.5 Å². The summed E-state index contributed by atoms with van der Waals surface area (Å²) in [6.07, 6.45) is 1.67. The second kappa shape index (κ2) is 4.96. The summed E-state index contributed by atoms with van der Waals surface area (Å²) < 4.78 is 1.50. The first-order valence-corrected chi connectivity index (χ1v) is 5.98. The number of carbonyl (C=O) groups excluding carboxylic acids is 1. The summed E-state index contributed by atoms with van der Waals surface area (Å²) in [6.45, 7) is 2.55. The van der Waals surface area contributed by atoms with Crippen molar-refractivity contribution in [1.29, 1.82) is 0 Å². The molecule has 7 heteroatoms. The van der Waals surface area contributed by atoms with Crippen molar-refractivity contribution in [2.24, 2.45) is 0 Å². The molecule has 0 aliphatic rings. The largest absolute Gasteiger partial charge is 0.382 e. The molecule has 0 aliphatic carbocycles. The smallest absolute Gasteiger partial charge is 0.242 e. The maximum absolute atomic E-state index is 11.6. The van der Waals surface area contributed by atoms with Crippen LogP contribution in [-0.2, 0) is 17.9 Å². The zero-order chi connectivity index (χ0) is 12.3. The molecule has 0 saturated carbocycles.